The first-order valence-corrected chi connectivity index (χ1v) is 11.2. The van der Waals surface area contributed by atoms with E-state index < -0.39 is 24.2 Å². The number of allylic oxidation sites excluding steroid dienone is 3. The van der Waals surface area contributed by atoms with Gasteiger partial charge in [0.15, 0.2) is 0 Å². The number of nitrogens with two attached hydrogens (primary N) is 1. The summed E-state index contributed by atoms with van der Waals surface area (Å²) in [7, 11) is 0. The third-order valence-electron chi connectivity index (χ3n) is 5.78. The molecule has 4 rings (SSSR count). The molecule has 36 heavy (non-hydrogen) atoms. The zero-order chi connectivity index (χ0) is 25.8. The molecule has 0 radical (unpaired) electrons. The van der Waals surface area contributed by atoms with Gasteiger partial charge < -0.3 is 16.4 Å². The van der Waals surface area contributed by atoms with Crippen molar-refractivity contribution in [1.82, 2.24) is 4.98 Å². The number of nitrogens with zero attached hydrogens (tertiary/aromatic N) is 1. The molecule has 5 nitrogen and oxygen atoms in total. The molecular weight excluding hydrogens is 472 g/mol. The van der Waals surface area contributed by atoms with E-state index in [2.05, 4.69) is 15.6 Å². The number of amides is 1. The van der Waals surface area contributed by atoms with Crippen molar-refractivity contribution in [3.8, 4) is 0 Å². The molecule has 1 aliphatic carbocycles. The van der Waals surface area contributed by atoms with Gasteiger partial charge in [-0.2, -0.15) is 13.2 Å². The minimum absolute atomic E-state index is 0.249. The summed E-state index contributed by atoms with van der Waals surface area (Å²) >= 11 is 0. The van der Waals surface area contributed by atoms with Crippen LogP contribution in [-0.4, -0.2) is 29.3 Å². The molecule has 2 aromatic carbocycles. The molecule has 0 aliphatic heterocycles. The van der Waals surface area contributed by atoms with E-state index in [1.165, 1.54) is 0 Å². The Morgan fingerprint density at radius 3 is 2.33 bits per heavy atom. The van der Waals surface area contributed by atoms with Crippen molar-refractivity contribution >= 4 is 28.7 Å². The predicted octanol–water partition coefficient (Wildman–Crippen LogP) is 5.94. The van der Waals surface area contributed by atoms with Gasteiger partial charge in [0.2, 0.25) is 5.67 Å². The van der Waals surface area contributed by atoms with Gasteiger partial charge in [0.25, 0.3) is 5.91 Å². The Labute approximate surface area is 205 Å². The normalized spacial score (nSPS) is 17.7. The van der Waals surface area contributed by atoms with Crippen molar-refractivity contribution < 1.29 is 22.4 Å². The number of rotatable bonds is 7. The molecule has 1 amide bonds. The van der Waals surface area contributed by atoms with Crippen LogP contribution >= 0.6 is 0 Å². The lowest BCUT2D eigenvalue weighted by atomic mass is 9.83. The Bertz CT molecular complexity index is 1290. The average Bonchev–Trinajstić information content (AvgIpc) is 2.85. The third-order valence-corrected chi connectivity index (χ3v) is 5.78. The maximum absolute atomic E-state index is 14.8. The smallest absolute Gasteiger partial charge is 0.385 e. The number of hydrogen-bond donors (Lipinski definition) is 3. The lowest BCUT2D eigenvalue weighted by Gasteiger charge is -2.30. The Balaban J connectivity index is 1.47. The molecule has 0 spiro atoms. The van der Waals surface area contributed by atoms with Crippen LogP contribution in [0.15, 0.2) is 90.5 Å². The van der Waals surface area contributed by atoms with Crippen molar-refractivity contribution in [2.45, 2.75) is 24.7 Å². The summed E-state index contributed by atoms with van der Waals surface area (Å²) in [6.07, 6.45) is -4.10. The van der Waals surface area contributed by atoms with E-state index in [-0.39, 0.29) is 11.1 Å². The zero-order valence-electron chi connectivity index (χ0n) is 19.1. The molecular formula is C27H24F4N4O. The van der Waals surface area contributed by atoms with Crippen LogP contribution in [0.3, 0.4) is 0 Å². The highest BCUT2D eigenvalue weighted by atomic mass is 19.4. The number of pyridine rings is 1. The molecule has 0 fully saturated rings. The second-order valence-corrected chi connectivity index (χ2v) is 8.39. The van der Waals surface area contributed by atoms with E-state index >= 15 is 0 Å². The van der Waals surface area contributed by atoms with E-state index in [4.69, 9.17) is 5.73 Å². The predicted molar refractivity (Wildman–Crippen MR) is 133 cm³/mol. The standard InChI is InChI=1S/C27H24F4N4O/c28-26(27(29,30)31)15-13-22(18-5-2-1-3-6-18)23(17-26)25(36)35-21-11-9-19(10-12-21)33-16-14-20-7-4-8-24(32)34-20/h1-13,15,33H,14,16-17H2,(H2,32,34)(H,35,36). The quantitative estimate of drug-likeness (QED) is 0.354. The van der Waals surface area contributed by atoms with Crippen molar-refractivity contribution in [3.63, 3.8) is 0 Å². The van der Waals surface area contributed by atoms with Crippen LogP contribution in [0.25, 0.3) is 5.57 Å². The first kappa shape index (κ1) is 25.0. The number of aromatic nitrogens is 1. The topological polar surface area (TPSA) is 80.0 Å². The van der Waals surface area contributed by atoms with Gasteiger partial charge in [0, 0.05) is 42.0 Å². The second-order valence-electron chi connectivity index (χ2n) is 8.39. The maximum atomic E-state index is 14.8. The van der Waals surface area contributed by atoms with Gasteiger partial charge in [-0.25, -0.2) is 9.37 Å². The van der Waals surface area contributed by atoms with Crippen LogP contribution in [-0.2, 0) is 11.2 Å². The molecule has 1 aliphatic rings. The minimum atomic E-state index is -5.15. The number of benzene rings is 2. The summed E-state index contributed by atoms with van der Waals surface area (Å²) in [6.45, 7) is 0.595. The van der Waals surface area contributed by atoms with Crippen molar-refractivity contribution in [2.75, 3.05) is 22.9 Å². The highest BCUT2D eigenvalue weighted by Crippen LogP contribution is 2.45. The number of anilines is 3. The summed E-state index contributed by atoms with van der Waals surface area (Å²) in [4.78, 5) is 17.3. The molecule has 0 saturated carbocycles. The van der Waals surface area contributed by atoms with Crippen molar-refractivity contribution in [3.05, 3.63) is 102 Å². The van der Waals surface area contributed by atoms with Gasteiger partial charge in [-0.05, 0) is 53.6 Å². The number of carbonyl (C=O) groups is 1. The zero-order valence-corrected chi connectivity index (χ0v) is 19.1. The molecule has 1 unspecified atom stereocenters. The van der Waals surface area contributed by atoms with Crippen LogP contribution in [0.2, 0.25) is 0 Å². The van der Waals surface area contributed by atoms with Crippen LogP contribution in [0, 0.1) is 0 Å². The summed E-state index contributed by atoms with van der Waals surface area (Å²) in [5.74, 6) is -0.343. The minimum Gasteiger partial charge on any atom is -0.385 e. The van der Waals surface area contributed by atoms with E-state index in [0.717, 1.165) is 17.5 Å². The van der Waals surface area contributed by atoms with Gasteiger partial charge in [0.05, 0.1) is 0 Å². The van der Waals surface area contributed by atoms with Gasteiger partial charge in [0.1, 0.15) is 5.82 Å². The molecule has 9 heteroatoms. The number of nitrogens with one attached hydrogen (secondary N) is 2. The summed E-state index contributed by atoms with van der Waals surface area (Å²) in [5, 5.41) is 5.83. The van der Waals surface area contributed by atoms with E-state index in [1.807, 2.05) is 12.1 Å². The molecule has 3 aromatic rings. The first-order valence-electron chi connectivity index (χ1n) is 11.2. The molecule has 4 N–H and O–H groups in total. The van der Waals surface area contributed by atoms with Crippen LogP contribution < -0.4 is 16.4 Å². The lowest BCUT2D eigenvalue weighted by molar-refractivity contribution is -0.211. The van der Waals surface area contributed by atoms with Crippen LogP contribution in [0.1, 0.15) is 17.7 Å². The van der Waals surface area contributed by atoms with Gasteiger partial charge >= 0.3 is 6.18 Å². The SMILES string of the molecule is Nc1cccc(CCNc2ccc(NC(=O)C3=C(c4ccccc4)C=CC(F)(C(F)(F)F)C3)cc2)n1. The van der Waals surface area contributed by atoms with E-state index in [0.29, 0.717) is 36.1 Å². The monoisotopic (exact) mass is 496 g/mol. The molecule has 1 heterocycles. The lowest BCUT2D eigenvalue weighted by Crippen LogP contribution is -2.42. The van der Waals surface area contributed by atoms with Crippen molar-refractivity contribution in [2.24, 2.45) is 0 Å². The van der Waals surface area contributed by atoms with Gasteiger partial charge in [-0.1, -0.05) is 42.5 Å². The summed E-state index contributed by atoms with van der Waals surface area (Å²) in [6, 6.07) is 20.6. The van der Waals surface area contributed by atoms with E-state index in [9.17, 15) is 22.4 Å². The molecule has 1 aromatic heterocycles. The molecule has 1 atom stereocenters. The number of hydrogen-bond acceptors (Lipinski definition) is 4. The van der Waals surface area contributed by atoms with Crippen LogP contribution in [0.5, 0.6) is 0 Å². The van der Waals surface area contributed by atoms with E-state index in [1.54, 1.807) is 60.7 Å². The Morgan fingerprint density at radius 1 is 0.972 bits per heavy atom. The summed E-state index contributed by atoms with van der Waals surface area (Å²) < 4.78 is 55.0. The number of alkyl halides is 4. The van der Waals surface area contributed by atoms with Crippen LogP contribution in [0.4, 0.5) is 34.8 Å². The highest BCUT2D eigenvalue weighted by molar-refractivity contribution is 6.10. The fourth-order valence-corrected chi connectivity index (χ4v) is 3.86. The van der Waals surface area contributed by atoms with Crippen molar-refractivity contribution in [1.29, 1.82) is 0 Å². The fraction of sp³-hybridized carbons (Fsp3) is 0.185. The first-order chi connectivity index (χ1) is 17.1. The number of halogens is 4. The highest BCUT2D eigenvalue weighted by Gasteiger charge is 2.56. The van der Waals surface area contributed by atoms with Gasteiger partial charge in [-0.15, -0.1) is 0 Å². The molecule has 0 saturated heterocycles. The average molecular weight is 497 g/mol. The Hall–Kier alpha value is -4.14. The number of nitrogen functional groups attached to an aromatic ring is 1. The maximum Gasteiger partial charge on any atom is 0.426 e. The molecule has 0 bridgehead atoms. The largest absolute Gasteiger partial charge is 0.426 e. The second kappa shape index (κ2) is 10.2. The fourth-order valence-electron chi connectivity index (χ4n) is 3.86. The Kier molecular flexibility index (Phi) is 7.10. The summed E-state index contributed by atoms with van der Waals surface area (Å²) in [5.41, 5.74) is 4.55. The Morgan fingerprint density at radius 2 is 1.67 bits per heavy atom. The van der Waals surface area contributed by atoms with Gasteiger partial charge in [-0.3, -0.25) is 4.79 Å². The third kappa shape index (κ3) is 5.73. The molecule has 186 valence electrons. The number of carbonyl (C=O) groups excluding carboxylic acids is 1.